The van der Waals surface area contributed by atoms with Crippen molar-refractivity contribution in [3.63, 3.8) is 0 Å². The lowest BCUT2D eigenvalue weighted by Gasteiger charge is -2.27. The fourth-order valence-electron chi connectivity index (χ4n) is 2.73. The number of fused-ring (bicyclic) bond motifs is 1. The van der Waals surface area contributed by atoms with Gasteiger partial charge >= 0.3 is 6.61 Å². The summed E-state index contributed by atoms with van der Waals surface area (Å²) in [5, 5.41) is 3.45. The molecule has 140 valence electrons. The molecule has 0 bridgehead atoms. The van der Waals surface area contributed by atoms with E-state index in [1.165, 1.54) is 13.2 Å². The zero-order valence-corrected chi connectivity index (χ0v) is 14.8. The number of benzene rings is 2. The van der Waals surface area contributed by atoms with Gasteiger partial charge in [0, 0.05) is 12.1 Å². The predicted octanol–water partition coefficient (Wildman–Crippen LogP) is 4.05. The molecule has 1 N–H and O–H groups in total. The molecule has 0 radical (unpaired) electrons. The van der Waals surface area contributed by atoms with Crippen molar-refractivity contribution in [2.75, 3.05) is 13.9 Å². The number of hydrogen-bond acceptors (Lipinski definition) is 5. The van der Waals surface area contributed by atoms with Gasteiger partial charge in [-0.3, -0.25) is 0 Å². The highest BCUT2D eigenvalue weighted by Gasteiger charge is 2.23. The van der Waals surface area contributed by atoms with Crippen LogP contribution in [0.5, 0.6) is 23.0 Å². The Bertz CT molecular complexity index is 780. The van der Waals surface area contributed by atoms with E-state index in [-0.39, 0.29) is 23.8 Å². The molecule has 0 amide bonds. The maximum absolute atomic E-state index is 12.4. The largest absolute Gasteiger partial charge is 0.493 e. The van der Waals surface area contributed by atoms with Crippen molar-refractivity contribution in [2.24, 2.45) is 0 Å². The number of nitrogens with one attached hydrogen (secondary N) is 1. The minimum absolute atomic E-state index is 0.0151. The van der Waals surface area contributed by atoms with Crippen LogP contribution in [0.15, 0.2) is 36.4 Å². The van der Waals surface area contributed by atoms with Crippen molar-refractivity contribution < 1.29 is 27.7 Å². The van der Waals surface area contributed by atoms with Crippen LogP contribution in [-0.4, -0.2) is 20.5 Å². The van der Waals surface area contributed by atoms with Crippen LogP contribution in [0.1, 0.15) is 25.0 Å². The number of ether oxygens (including phenoxy) is 4. The number of methoxy groups -OCH3 is 1. The van der Waals surface area contributed by atoms with Gasteiger partial charge in [0.2, 0.25) is 6.79 Å². The second-order valence-corrected chi connectivity index (χ2v) is 6.41. The molecule has 5 nitrogen and oxygen atoms in total. The van der Waals surface area contributed by atoms with Gasteiger partial charge in [0.25, 0.3) is 0 Å². The molecule has 0 atom stereocenters. The fourth-order valence-corrected chi connectivity index (χ4v) is 2.73. The van der Waals surface area contributed by atoms with E-state index in [9.17, 15) is 8.78 Å². The maximum atomic E-state index is 12.4. The molecule has 0 aromatic heterocycles. The van der Waals surface area contributed by atoms with Crippen LogP contribution in [-0.2, 0) is 12.1 Å². The Kier molecular flexibility index (Phi) is 5.18. The second-order valence-electron chi connectivity index (χ2n) is 6.41. The molecule has 7 heteroatoms. The van der Waals surface area contributed by atoms with Gasteiger partial charge < -0.3 is 24.3 Å². The summed E-state index contributed by atoms with van der Waals surface area (Å²) in [6.45, 7) is 1.97. The molecule has 0 saturated heterocycles. The molecule has 2 aromatic carbocycles. The van der Waals surface area contributed by atoms with Gasteiger partial charge in [0.05, 0.1) is 7.11 Å². The van der Waals surface area contributed by atoms with Crippen LogP contribution in [0.25, 0.3) is 0 Å². The third kappa shape index (κ3) is 3.99. The van der Waals surface area contributed by atoms with Crippen molar-refractivity contribution in [2.45, 2.75) is 32.5 Å². The Morgan fingerprint density at radius 3 is 2.58 bits per heavy atom. The molecule has 1 heterocycles. The molecule has 0 spiro atoms. The van der Waals surface area contributed by atoms with E-state index in [4.69, 9.17) is 14.2 Å². The van der Waals surface area contributed by atoms with Crippen LogP contribution in [0.4, 0.5) is 8.78 Å². The molecule has 1 aliphatic rings. The van der Waals surface area contributed by atoms with Crippen LogP contribution in [0, 0.1) is 0 Å². The van der Waals surface area contributed by atoms with Gasteiger partial charge in [-0.2, -0.15) is 8.78 Å². The summed E-state index contributed by atoms with van der Waals surface area (Å²) in [7, 11) is 1.42. The Balaban J connectivity index is 1.71. The van der Waals surface area contributed by atoms with E-state index in [0.29, 0.717) is 6.54 Å². The standard InChI is InChI=1S/C19H21F2NO4/c1-19(2,13-5-7-14-17(9-13)25-11-24-14)22-10-12-4-6-15(26-18(20)21)16(8-12)23-3/h4-9,18,22H,10-11H2,1-3H3. The first-order valence-corrected chi connectivity index (χ1v) is 8.16. The van der Waals surface area contributed by atoms with Gasteiger partial charge in [0.1, 0.15) is 0 Å². The van der Waals surface area contributed by atoms with Crippen molar-refractivity contribution in [3.8, 4) is 23.0 Å². The average molecular weight is 365 g/mol. The zero-order chi connectivity index (χ0) is 18.7. The highest BCUT2D eigenvalue weighted by atomic mass is 19.3. The third-order valence-electron chi connectivity index (χ3n) is 4.27. The van der Waals surface area contributed by atoms with Crippen LogP contribution < -0.4 is 24.3 Å². The van der Waals surface area contributed by atoms with Crippen molar-refractivity contribution in [3.05, 3.63) is 47.5 Å². The molecular weight excluding hydrogens is 344 g/mol. The number of alkyl halides is 2. The molecule has 0 aliphatic carbocycles. The van der Waals surface area contributed by atoms with Gasteiger partial charge in [-0.15, -0.1) is 0 Å². The quantitative estimate of drug-likeness (QED) is 0.802. The Labute approximate surface area is 150 Å². The first-order valence-electron chi connectivity index (χ1n) is 8.16. The third-order valence-corrected chi connectivity index (χ3v) is 4.27. The molecular formula is C19H21F2NO4. The number of hydrogen-bond donors (Lipinski definition) is 1. The Morgan fingerprint density at radius 2 is 1.85 bits per heavy atom. The Hall–Kier alpha value is -2.54. The van der Waals surface area contributed by atoms with Gasteiger partial charge in [-0.1, -0.05) is 12.1 Å². The van der Waals surface area contributed by atoms with Gasteiger partial charge in [-0.25, -0.2) is 0 Å². The second kappa shape index (κ2) is 7.37. The molecule has 0 unspecified atom stereocenters. The molecule has 2 aromatic rings. The minimum Gasteiger partial charge on any atom is -0.493 e. The van der Waals surface area contributed by atoms with E-state index in [1.54, 1.807) is 12.1 Å². The van der Waals surface area contributed by atoms with Crippen molar-refractivity contribution in [1.29, 1.82) is 0 Å². The van der Waals surface area contributed by atoms with Crippen LogP contribution >= 0.6 is 0 Å². The smallest absolute Gasteiger partial charge is 0.387 e. The maximum Gasteiger partial charge on any atom is 0.387 e. The summed E-state index contributed by atoms with van der Waals surface area (Å²) in [5.41, 5.74) is 1.59. The Morgan fingerprint density at radius 1 is 1.08 bits per heavy atom. The lowest BCUT2D eigenvalue weighted by Crippen LogP contribution is -2.35. The fraction of sp³-hybridized carbons (Fsp3) is 0.368. The van der Waals surface area contributed by atoms with Crippen LogP contribution in [0.2, 0.25) is 0 Å². The summed E-state index contributed by atoms with van der Waals surface area (Å²) in [5.74, 6) is 1.75. The summed E-state index contributed by atoms with van der Waals surface area (Å²) >= 11 is 0. The lowest BCUT2D eigenvalue weighted by molar-refractivity contribution is -0.0512. The van der Waals surface area contributed by atoms with E-state index < -0.39 is 6.61 Å². The lowest BCUT2D eigenvalue weighted by atomic mass is 9.93. The number of halogens is 2. The molecule has 26 heavy (non-hydrogen) atoms. The summed E-state index contributed by atoms with van der Waals surface area (Å²) < 4.78 is 45.2. The topological polar surface area (TPSA) is 49.0 Å². The summed E-state index contributed by atoms with van der Waals surface area (Å²) in [4.78, 5) is 0. The molecule has 3 rings (SSSR count). The van der Waals surface area contributed by atoms with Crippen molar-refractivity contribution >= 4 is 0 Å². The summed E-state index contributed by atoms with van der Waals surface area (Å²) in [6.07, 6.45) is 0. The van der Waals surface area contributed by atoms with E-state index in [2.05, 4.69) is 23.9 Å². The number of rotatable bonds is 7. The van der Waals surface area contributed by atoms with E-state index in [1.807, 2.05) is 18.2 Å². The highest BCUT2D eigenvalue weighted by molar-refractivity contribution is 5.46. The first kappa shape index (κ1) is 18.3. The molecule has 0 saturated carbocycles. The average Bonchev–Trinajstić information content (AvgIpc) is 3.08. The SMILES string of the molecule is COc1cc(CNC(C)(C)c2ccc3c(c2)OCO3)ccc1OC(F)F. The van der Waals surface area contributed by atoms with Gasteiger partial charge in [0.15, 0.2) is 23.0 Å². The monoisotopic (exact) mass is 365 g/mol. The highest BCUT2D eigenvalue weighted by Crippen LogP contribution is 2.36. The van der Waals surface area contributed by atoms with Crippen LogP contribution in [0.3, 0.4) is 0 Å². The molecule has 1 aliphatic heterocycles. The van der Waals surface area contributed by atoms with Crippen molar-refractivity contribution in [1.82, 2.24) is 5.32 Å². The molecule has 0 fully saturated rings. The zero-order valence-electron chi connectivity index (χ0n) is 14.8. The first-order chi connectivity index (χ1) is 12.4. The normalized spacial score (nSPS) is 13.2. The summed E-state index contributed by atoms with van der Waals surface area (Å²) in [6, 6.07) is 10.7. The van der Waals surface area contributed by atoms with E-state index >= 15 is 0 Å². The van der Waals surface area contributed by atoms with Gasteiger partial charge in [-0.05, 0) is 49.2 Å². The predicted molar refractivity (Wildman–Crippen MR) is 92.1 cm³/mol. The minimum atomic E-state index is -2.89. The van der Waals surface area contributed by atoms with E-state index in [0.717, 1.165) is 22.6 Å².